The number of hydrogen-bond donors (Lipinski definition) is 0. The molecular formula is C14H12O2. The molecule has 1 aliphatic heterocycles. The van der Waals surface area contributed by atoms with Crippen LogP contribution in [0.3, 0.4) is 0 Å². The van der Waals surface area contributed by atoms with Crippen molar-refractivity contribution in [3.05, 3.63) is 48.0 Å². The SMILES string of the molecule is Cc1ccc(-c2ccccc2)c2c1OCO2. The summed E-state index contributed by atoms with van der Waals surface area (Å²) in [5, 5.41) is 0. The number of ether oxygens (including phenoxy) is 2. The summed E-state index contributed by atoms with van der Waals surface area (Å²) in [6, 6.07) is 14.4. The highest BCUT2D eigenvalue weighted by molar-refractivity contribution is 5.75. The van der Waals surface area contributed by atoms with Crippen molar-refractivity contribution in [2.45, 2.75) is 6.92 Å². The molecule has 0 fully saturated rings. The maximum Gasteiger partial charge on any atom is 0.231 e. The first-order chi connectivity index (χ1) is 7.86. The highest BCUT2D eigenvalue weighted by atomic mass is 16.7. The zero-order chi connectivity index (χ0) is 11.0. The Morgan fingerprint density at radius 3 is 2.44 bits per heavy atom. The van der Waals surface area contributed by atoms with E-state index in [1.54, 1.807) is 0 Å². The summed E-state index contributed by atoms with van der Waals surface area (Å²) in [5.41, 5.74) is 3.37. The lowest BCUT2D eigenvalue weighted by atomic mass is 10.0. The molecule has 2 aromatic carbocycles. The van der Waals surface area contributed by atoms with Gasteiger partial charge in [0, 0.05) is 5.56 Å². The first-order valence-corrected chi connectivity index (χ1v) is 5.31. The zero-order valence-electron chi connectivity index (χ0n) is 9.07. The van der Waals surface area contributed by atoms with Crippen molar-refractivity contribution in [1.29, 1.82) is 0 Å². The minimum Gasteiger partial charge on any atom is -0.453 e. The molecule has 0 N–H and O–H groups in total. The van der Waals surface area contributed by atoms with Crippen LogP contribution < -0.4 is 9.47 Å². The Labute approximate surface area is 94.4 Å². The van der Waals surface area contributed by atoms with Crippen molar-refractivity contribution >= 4 is 0 Å². The third-order valence-corrected chi connectivity index (χ3v) is 2.80. The van der Waals surface area contributed by atoms with Crippen LogP contribution in [0, 0.1) is 6.92 Å². The molecule has 0 aliphatic carbocycles. The lowest BCUT2D eigenvalue weighted by Crippen LogP contribution is -1.93. The van der Waals surface area contributed by atoms with E-state index in [4.69, 9.17) is 9.47 Å². The van der Waals surface area contributed by atoms with Crippen molar-refractivity contribution in [3.8, 4) is 22.6 Å². The molecule has 1 aliphatic rings. The van der Waals surface area contributed by atoms with Gasteiger partial charge in [-0.3, -0.25) is 0 Å². The van der Waals surface area contributed by atoms with E-state index in [1.807, 2.05) is 25.1 Å². The smallest absolute Gasteiger partial charge is 0.231 e. The molecule has 0 saturated carbocycles. The van der Waals surface area contributed by atoms with Gasteiger partial charge in [-0.15, -0.1) is 0 Å². The van der Waals surface area contributed by atoms with E-state index >= 15 is 0 Å². The summed E-state index contributed by atoms with van der Waals surface area (Å²) in [4.78, 5) is 0. The van der Waals surface area contributed by atoms with Crippen LogP contribution in [0.4, 0.5) is 0 Å². The van der Waals surface area contributed by atoms with Crippen molar-refractivity contribution in [2.75, 3.05) is 6.79 Å². The summed E-state index contributed by atoms with van der Waals surface area (Å²) in [5.74, 6) is 1.74. The Kier molecular flexibility index (Phi) is 2.07. The van der Waals surface area contributed by atoms with Crippen LogP contribution in [-0.4, -0.2) is 6.79 Å². The van der Waals surface area contributed by atoms with E-state index in [-0.39, 0.29) is 0 Å². The molecule has 0 amide bonds. The molecule has 0 aromatic heterocycles. The molecule has 0 bridgehead atoms. The summed E-state index contributed by atoms with van der Waals surface area (Å²) in [6.45, 7) is 2.35. The highest BCUT2D eigenvalue weighted by Crippen LogP contribution is 2.43. The van der Waals surface area contributed by atoms with E-state index in [2.05, 4.69) is 24.3 Å². The number of benzene rings is 2. The van der Waals surface area contributed by atoms with Crippen molar-refractivity contribution in [1.82, 2.24) is 0 Å². The lowest BCUT2D eigenvalue weighted by molar-refractivity contribution is 0.174. The second-order valence-corrected chi connectivity index (χ2v) is 3.86. The monoisotopic (exact) mass is 212 g/mol. The zero-order valence-corrected chi connectivity index (χ0v) is 9.07. The van der Waals surface area contributed by atoms with Crippen LogP contribution in [0.1, 0.15) is 5.56 Å². The molecule has 0 radical (unpaired) electrons. The molecule has 2 heteroatoms. The third-order valence-electron chi connectivity index (χ3n) is 2.80. The molecule has 80 valence electrons. The Morgan fingerprint density at radius 1 is 0.875 bits per heavy atom. The van der Waals surface area contributed by atoms with Crippen molar-refractivity contribution < 1.29 is 9.47 Å². The summed E-state index contributed by atoms with van der Waals surface area (Å²) >= 11 is 0. The molecule has 1 heterocycles. The van der Waals surface area contributed by atoms with Crippen LogP contribution in [0.5, 0.6) is 11.5 Å². The lowest BCUT2D eigenvalue weighted by Gasteiger charge is -2.07. The van der Waals surface area contributed by atoms with Gasteiger partial charge < -0.3 is 9.47 Å². The number of rotatable bonds is 1. The fourth-order valence-electron chi connectivity index (χ4n) is 1.98. The van der Waals surface area contributed by atoms with Gasteiger partial charge in [0.25, 0.3) is 0 Å². The number of hydrogen-bond acceptors (Lipinski definition) is 2. The van der Waals surface area contributed by atoms with Gasteiger partial charge in [-0.05, 0) is 18.1 Å². The van der Waals surface area contributed by atoms with E-state index in [1.165, 1.54) is 0 Å². The van der Waals surface area contributed by atoms with Gasteiger partial charge in [-0.2, -0.15) is 0 Å². The minimum atomic E-state index is 0.319. The molecule has 3 rings (SSSR count). The van der Waals surface area contributed by atoms with E-state index < -0.39 is 0 Å². The second-order valence-electron chi connectivity index (χ2n) is 3.86. The van der Waals surface area contributed by atoms with E-state index in [0.717, 1.165) is 28.2 Å². The Bertz CT molecular complexity index is 518. The molecule has 0 unspecified atom stereocenters. The molecule has 2 nitrogen and oxygen atoms in total. The van der Waals surface area contributed by atoms with Crippen molar-refractivity contribution in [2.24, 2.45) is 0 Å². The predicted octanol–water partition coefficient (Wildman–Crippen LogP) is 3.39. The largest absolute Gasteiger partial charge is 0.453 e. The van der Waals surface area contributed by atoms with Gasteiger partial charge >= 0.3 is 0 Å². The van der Waals surface area contributed by atoms with Crippen molar-refractivity contribution in [3.63, 3.8) is 0 Å². The van der Waals surface area contributed by atoms with E-state index in [9.17, 15) is 0 Å². The minimum absolute atomic E-state index is 0.319. The maximum atomic E-state index is 5.54. The Morgan fingerprint density at radius 2 is 1.62 bits per heavy atom. The van der Waals surface area contributed by atoms with Gasteiger partial charge in [0.05, 0.1) is 0 Å². The summed E-state index contributed by atoms with van der Waals surface area (Å²) in [7, 11) is 0. The summed E-state index contributed by atoms with van der Waals surface area (Å²) in [6.07, 6.45) is 0. The van der Waals surface area contributed by atoms with Gasteiger partial charge in [0.1, 0.15) is 0 Å². The molecule has 0 spiro atoms. The molecule has 0 saturated heterocycles. The van der Waals surface area contributed by atoms with Crippen LogP contribution in [0.2, 0.25) is 0 Å². The van der Waals surface area contributed by atoms with Gasteiger partial charge in [0.15, 0.2) is 11.5 Å². The van der Waals surface area contributed by atoms with Crippen LogP contribution in [0.25, 0.3) is 11.1 Å². The van der Waals surface area contributed by atoms with Crippen LogP contribution in [0.15, 0.2) is 42.5 Å². The van der Waals surface area contributed by atoms with Gasteiger partial charge in [0.2, 0.25) is 6.79 Å². The fraction of sp³-hybridized carbons (Fsp3) is 0.143. The molecule has 2 aromatic rings. The average molecular weight is 212 g/mol. The van der Waals surface area contributed by atoms with Crippen LogP contribution >= 0.6 is 0 Å². The third kappa shape index (κ3) is 1.34. The quantitative estimate of drug-likeness (QED) is 0.721. The standard InChI is InChI=1S/C14H12O2/c1-10-7-8-12(11-5-3-2-4-6-11)14-13(10)15-9-16-14/h2-8H,9H2,1H3. The van der Waals surface area contributed by atoms with E-state index in [0.29, 0.717) is 6.79 Å². The molecular weight excluding hydrogens is 200 g/mol. The van der Waals surface area contributed by atoms with Crippen LogP contribution in [-0.2, 0) is 0 Å². The summed E-state index contributed by atoms with van der Waals surface area (Å²) < 4.78 is 11.0. The number of aryl methyl sites for hydroxylation is 1. The van der Waals surface area contributed by atoms with Gasteiger partial charge in [-0.1, -0.05) is 42.5 Å². The topological polar surface area (TPSA) is 18.5 Å². The first-order valence-electron chi connectivity index (χ1n) is 5.31. The Balaban J connectivity index is 2.20. The normalized spacial score (nSPS) is 12.8. The molecule has 0 atom stereocenters. The Hall–Kier alpha value is -1.96. The fourth-order valence-corrected chi connectivity index (χ4v) is 1.98. The van der Waals surface area contributed by atoms with Gasteiger partial charge in [-0.25, -0.2) is 0 Å². The second kappa shape index (κ2) is 3.56. The predicted molar refractivity (Wildman–Crippen MR) is 62.7 cm³/mol. The molecule has 16 heavy (non-hydrogen) atoms. The maximum absolute atomic E-state index is 5.54. The number of fused-ring (bicyclic) bond motifs is 1. The first kappa shape index (κ1) is 9.28. The average Bonchev–Trinajstić information content (AvgIpc) is 2.81. The highest BCUT2D eigenvalue weighted by Gasteiger charge is 2.20.